The minimum absolute atomic E-state index is 0.688. The average Bonchev–Trinajstić information content (AvgIpc) is 2.89. The molecule has 19 heavy (non-hydrogen) atoms. The average molecular weight is 268 g/mol. The van der Waals surface area contributed by atoms with E-state index >= 15 is 0 Å². The number of nitrogens with two attached hydrogens (primary N) is 1. The summed E-state index contributed by atoms with van der Waals surface area (Å²) in [5.74, 6) is 0. The summed E-state index contributed by atoms with van der Waals surface area (Å²) >= 11 is 1.80. The number of nitrogens with one attached hydrogen (secondary N) is 1. The molecule has 0 bridgehead atoms. The molecule has 2 nitrogen and oxygen atoms in total. The Morgan fingerprint density at radius 3 is 2.84 bits per heavy atom. The van der Waals surface area contributed by atoms with Gasteiger partial charge in [-0.25, -0.2) is 0 Å². The van der Waals surface area contributed by atoms with Crippen molar-refractivity contribution in [3.05, 3.63) is 60.3 Å². The summed E-state index contributed by atoms with van der Waals surface area (Å²) in [5, 5.41) is 1.25. The third kappa shape index (κ3) is 2.67. The molecule has 0 atom stereocenters. The second kappa shape index (κ2) is 5.51. The van der Waals surface area contributed by atoms with Crippen LogP contribution in [0.3, 0.4) is 0 Å². The fraction of sp³-hybridized carbons (Fsp3) is 0.125. The van der Waals surface area contributed by atoms with Crippen molar-refractivity contribution >= 4 is 22.7 Å². The normalized spacial score (nSPS) is 11.0. The minimum Gasteiger partial charge on any atom is -0.361 e. The van der Waals surface area contributed by atoms with E-state index in [0.29, 0.717) is 6.54 Å². The van der Waals surface area contributed by atoms with Crippen LogP contribution in [0.1, 0.15) is 5.56 Å². The van der Waals surface area contributed by atoms with Crippen LogP contribution in [0.2, 0.25) is 0 Å². The van der Waals surface area contributed by atoms with Gasteiger partial charge < -0.3 is 10.7 Å². The van der Waals surface area contributed by atoms with E-state index in [4.69, 9.17) is 5.73 Å². The number of aromatic amines is 1. The second-order valence-corrected chi connectivity index (χ2v) is 5.59. The highest BCUT2D eigenvalue weighted by atomic mass is 32.2. The molecule has 0 unspecified atom stereocenters. The molecule has 3 heteroatoms. The van der Waals surface area contributed by atoms with E-state index < -0.39 is 0 Å². The lowest BCUT2D eigenvalue weighted by atomic mass is 10.1. The smallest absolute Gasteiger partial charge is 0.0465 e. The van der Waals surface area contributed by atoms with E-state index in [1.165, 1.54) is 26.3 Å². The molecule has 2 aromatic carbocycles. The van der Waals surface area contributed by atoms with Crippen LogP contribution in [0.5, 0.6) is 0 Å². The predicted octanol–water partition coefficient (Wildman–Crippen LogP) is 3.82. The van der Waals surface area contributed by atoms with Crippen molar-refractivity contribution in [1.29, 1.82) is 0 Å². The first-order valence-electron chi connectivity index (χ1n) is 6.40. The molecular weight excluding hydrogens is 252 g/mol. The van der Waals surface area contributed by atoms with E-state index in [1.54, 1.807) is 11.8 Å². The Hall–Kier alpha value is -1.71. The van der Waals surface area contributed by atoms with Crippen molar-refractivity contribution in [3.63, 3.8) is 0 Å². The largest absolute Gasteiger partial charge is 0.361 e. The van der Waals surface area contributed by atoms with Crippen LogP contribution >= 0.6 is 11.8 Å². The molecule has 3 aromatic rings. The van der Waals surface area contributed by atoms with Crippen molar-refractivity contribution in [2.75, 3.05) is 6.54 Å². The lowest BCUT2D eigenvalue weighted by molar-refractivity contribution is 0.944. The maximum atomic E-state index is 5.67. The summed E-state index contributed by atoms with van der Waals surface area (Å²) in [6.45, 7) is 0.688. The first-order chi connectivity index (χ1) is 9.36. The number of benzene rings is 2. The van der Waals surface area contributed by atoms with Gasteiger partial charge in [0.25, 0.3) is 0 Å². The minimum atomic E-state index is 0.688. The van der Waals surface area contributed by atoms with Crippen molar-refractivity contribution in [1.82, 2.24) is 4.98 Å². The zero-order valence-electron chi connectivity index (χ0n) is 10.6. The number of hydrogen-bond acceptors (Lipinski definition) is 2. The molecule has 0 amide bonds. The molecule has 0 spiro atoms. The highest BCUT2D eigenvalue weighted by molar-refractivity contribution is 7.99. The first kappa shape index (κ1) is 12.3. The summed E-state index contributed by atoms with van der Waals surface area (Å²) in [5.41, 5.74) is 8.17. The van der Waals surface area contributed by atoms with Crippen LogP contribution in [-0.4, -0.2) is 11.5 Å². The fourth-order valence-electron chi connectivity index (χ4n) is 2.18. The topological polar surface area (TPSA) is 41.8 Å². The number of hydrogen-bond donors (Lipinski definition) is 2. The Kier molecular flexibility index (Phi) is 3.58. The van der Waals surface area contributed by atoms with E-state index in [0.717, 1.165) is 6.42 Å². The predicted molar refractivity (Wildman–Crippen MR) is 81.6 cm³/mol. The Bertz CT molecular complexity index is 688. The molecule has 1 aromatic heterocycles. The summed E-state index contributed by atoms with van der Waals surface area (Å²) in [6.07, 6.45) is 2.90. The van der Waals surface area contributed by atoms with Crippen LogP contribution in [0.25, 0.3) is 10.9 Å². The van der Waals surface area contributed by atoms with Crippen molar-refractivity contribution < 1.29 is 0 Å². The molecular formula is C16H16N2S. The Balaban J connectivity index is 1.91. The maximum absolute atomic E-state index is 5.67. The monoisotopic (exact) mass is 268 g/mol. The van der Waals surface area contributed by atoms with E-state index in [9.17, 15) is 0 Å². The maximum Gasteiger partial charge on any atom is 0.0465 e. The van der Waals surface area contributed by atoms with Crippen LogP contribution in [0, 0.1) is 0 Å². The number of H-pyrrole nitrogens is 1. The Morgan fingerprint density at radius 1 is 1.05 bits per heavy atom. The molecule has 0 aliphatic heterocycles. The van der Waals surface area contributed by atoms with Gasteiger partial charge in [-0.05, 0) is 48.2 Å². The number of aromatic nitrogens is 1. The molecule has 1 heterocycles. The quantitative estimate of drug-likeness (QED) is 0.755. The van der Waals surface area contributed by atoms with Gasteiger partial charge in [0.15, 0.2) is 0 Å². The van der Waals surface area contributed by atoms with Gasteiger partial charge >= 0.3 is 0 Å². The van der Waals surface area contributed by atoms with Crippen LogP contribution in [0.15, 0.2) is 64.5 Å². The summed E-state index contributed by atoms with van der Waals surface area (Å²) in [7, 11) is 0. The Labute approximate surface area is 117 Å². The van der Waals surface area contributed by atoms with Crippen LogP contribution in [0.4, 0.5) is 0 Å². The van der Waals surface area contributed by atoms with Crippen LogP contribution in [-0.2, 0) is 6.42 Å². The third-order valence-electron chi connectivity index (χ3n) is 3.14. The van der Waals surface area contributed by atoms with Gasteiger partial charge in [0.05, 0.1) is 0 Å². The summed E-state index contributed by atoms with van der Waals surface area (Å²) in [6, 6.07) is 17.1. The third-order valence-corrected chi connectivity index (χ3v) is 4.25. The SMILES string of the molecule is NCCc1ccccc1Sc1ccc2cc[nH]c2c1. The molecule has 0 saturated carbocycles. The molecule has 0 aliphatic rings. The Morgan fingerprint density at radius 2 is 1.95 bits per heavy atom. The molecule has 0 aliphatic carbocycles. The molecule has 0 radical (unpaired) electrons. The lowest BCUT2D eigenvalue weighted by Gasteiger charge is -2.08. The van der Waals surface area contributed by atoms with Crippen molar-refractivity contribution in [2.24, 2.45) is 5.73 Å². The first-order valence-corrected chi connectivity index (χ1v) is 7.21. The van der Waals surface area contributed by atoms with Gasteiger partial charge in [-0.2, -0.15) is 0 Å². The summed E-state index contributed by atoms with van der Waals surface area (Å²) in [4.78, 5) is 5.79. The van der Waals surface area contributed by atoms with Gasteiger partial charge in [0, 0.05) is 21.5 Å². The van der Waals surface area contributed by atoms with Gasteiger partial charge in [-0.15, -0.1) is 0 Å². The molecule has 3 rings (SSSR count). The van der Waals surface area contributed by atoms with Crippen molar-refractivity contribution in [2.45, 2.75) is 16.2 Å². The van der Waals surface area contributed by atoms with E-state index in [-0.39, 0.29) is 0 Å². The van der Waals surface area contributed by atoms with Crippen LogP contribution < -0.4 is 5.73 Å². The van der Waals surface area contributed by atoms with Crippen molar-refractivity contribution in [3.8, 4) is 0 Å². The number of rotatable bonds is 4. The zero-order valence-corrected chi connectivity index (χ0v) is 11.4. The molecule has 3 N–H and O–H groups in total. The van der Waals surface area contributed by atoms with E-state index in [1.807, 2.05) is 6.20 Å². The van der Waals surface area contributed by atoms with Gasteiger partial charge in [0.2, 0.25) is 0 Å². The van der Waals surface area contributed by atoms with Gasteiger partial charge in [0.1, 0.15) is 0 Å². The molecule has 96 valence electrons. The highest BCUT2D eigenvalue weighted by Crippen LogP contribution is 2.32. The zero-order chi connectivity index (χ0) is 13.1. The summed E-state index contributed by atoms with van der Waals surface area (Å²) < 4.78 is 0. The van der Waals surface area contributed by atoms with E-state index in [2.05, 4.69) is 53.5 Å². The highest BCUT2D eigenvalue weighted by Gasteiger charge is 2.04. The fourth-order valence-corrected chi connectivity index (χ4v) is 3.20. The standard InChI is InChI=1S/C16H16N2S/c17-9-7-13-3-1-2-4-16(13)19-14-6-5-12-8-10-18-15(12)11-14/h1-6,8,10-11,18H,7,9,17H2. The van der Waals surface area contributed by atoms with Gasteiger partial charge in [-0.3, -0.25) is 0 Å². The number of fused-ring (bicyclic) bond motifs is 1. The molecule has 0 fully saturated rings. The lowest BCUT2D eigenvalue weighted by Crippen LogP contribution is -2.03. The van der Waals surface area contributed by atoms with Gasteiger partial charge in [-0.1, -0.05) is 36.0 Å². The second-order valence-electron chi connectivity index (χ2n) is 4.48. The molecule has 0 saturated heterocycles.